The van der Waals surface area contributed by atoms with Gasteiger partial charge >= 0.3 is 0 Å². The molecule has 0 saturated carbocycles. The quantitative estimate of drug-likeness (QED) is 0.869. The number of halogens is 1. The maximum Gasteiger partial charge on any atom is 0.225 e. The van der Waals surface area contributed by atoms with E-state index in [-0.39, 0.29) is 23.9 Å². The molecule has 3 N–H and O–H groups in total. The first-order valence-electron chi connectivity index (χ1n) is 7.17. The summed E-state index contributed by atoms with van der Waals surface area (Å²) < 4.78 is 1.05. The highest BCUT2D eigenvalue weighted by Crippen LogP contribution is 2.36. The van der Waals surface area contributed by atoms with E-state index >= 15 is 0 Å². The maximum absolute atomic E-state index is 11.9. The molecule has 1 aromatic carbocycles. The summed E-state index contributed by atoms with van der Waals surface area (Å²) in [4.78, 5) is 14.3. The van der Waals surface area contributed by atoms with Crippen molar-refractivity contribution in [2.24, 2.45) is 11.7 Å². The molecule has 1 aromatic rings. The Morgan fingerprint density at radius 2 is 2.30 bits per heavy atom. The number of carbonyl (C=O) groups excluding carboxylic acids is 1. The second-order valence-electron chi connectivity index (χ2n) is 5.75. The van der Waals surface area contributed by atoms with Gasteiger partial charge in [-0.1, -0.05) is 22.0 Å². The van der Waals surface area contributed by atoms with Gasteiger partial charge in [0.05, 0.1) is 12.0 Å². The molecule has 0 radical (unpaired) electrons. The van der Waals surface area contributed by atoms with Crippen molar-refractivity contribution >= 4 is 27.5 Å². The lowest BCUT2D eigenvalue weighted by molar-refractivity contribution is -0.122. The first-order valence-corrected chi connectivity index (χ1v) is 7.96. The van der Waals surface area contributed by atoms with Crippen LogP contribution >= 0.6 is 15.9 Å². The molecule has 3 rings (SSSR count). The Kier molecular flexibility index (Phi) is 3.73. The minimum atomic E-state index is -0.0106. The second-order valence-corrected chi connectivity index (χ2v) is 6.66. The zero-order chi connectivity index (χ0) is 14.3. The standard InChI is InChI=1S/C15H20BrN3O/c1-9(17)11-5-4-10(16)7-13(11)19-6-2-3-12-14(19)8-18-15(12)20/h4-5,7,9,12,14H,2-3,6,8,17H2,1H3,(H,18,20). The van der Waals surface area contributed by atoms with Crippen molar-refractivity contribution in [3.05, 3.63) is 28.2 Å². The molecule has 3 atom stereocenters. The molecule has 2 heterocycles. The van der Waals surface area contributed by atoms with Gasteiger partial charge in [-0.3, -0.25) is 4.79 Å². The van der Waals surface area contributed by atoms with Crippen molar-refractivity contribution in [2.75, 3.05) is 18.0 Å². The molecule has 3 unspecified atom stereocenters. The topological polar surface area (TPSA) is 58.4 Å². The number of hydrogen-bond donors (Lipinski definition) is 2. The van der Waals surface area contributed by atoms with E-state index in [1.165, 1.54) is 5.69 Å². The molecular weight excluding hydrogens is 318 g/mol. The Labute approximate surface area is 127 Å². The van der Waals surface area contributed by atoms with Gasteiger partial charge < -0.3 is 16.0 Å². The highest BCUT2D eigenvalue weighted by atomic mass is 79.9. The Hall–Kier alpha value is -1.07. The number of carbonyl (C=O) groups is 1. The van der Waals surface area contributed by atoms with Crippen LogP contribution in [0.2, 0.25) is 0 Å². The molecule has 5 heteroatoms. The monoisotopic (exact) mass is 337 g/mol. The van der Waals surface area contributed by atoms with Gasteiger partial charge in [0, 0.05) is 29.3 Å². The lowest BCUT2D eigenvalue weighted by Crippen LogP contribution is -2.46. The fourth-order valence-electron chi connectivity index (χ4n) is 3.40. The molecule has 108 valence electrons. The summed E-state index contributed by atoms with van der Waals surface area (Å²) in [6, 6.07) is 6.50. The van der Waals surface area contributed by atoms with Crippen LogP contribution in [0.4, 0.5) is 5.69 Å². The van der Waals surface area contributed by atoms with Crippen molar-refractivity contribution in [1.29, 1.82) is 0 Å². The number of amides is 1. The van der Waals surface area contributed by atoms with Crippen LogP contribution in [0, 0.1) is 5.92 Å². The van der Waals surface area contributed by atoms with Gasteiger partial charge in [0.25, 0.3) is 0 Å². The number of rotatable bonds is 2. The second kappa shape index (κ2) is 5.37. The number of nitrogens with one attached hydrogen (secondary N) is 1. The molecule has 0 aliphatic carbocycles. The number of piperidine rings is 1. The molecule has 0 aromatic heterocycles. The normalized spacial score (nSPS) is 27.1. The van der Waals surface area contributed by atoms with Gasteiger partial charge in [-0.05, 0) is 37.5 Å². The van der Waals surface area contributed by atoms with Gasteiger partial charge in [0.15, 0.2) is 0 Å². The first kappa shape index (κ1) is 13.9. The third-order valence-corrected chi connectivity index (χ3v) is 4.89. The number of nitrogens with zero attached hydrogens (tertiary/aromatic N) is 1. The lowest BCUT2D eigenvalue weighted by Gasteiger charge is -2.39. The highest BCUT2D eigenvalue weighted by molar-refractivity contribution is 9.10. The van der Waals surface area contributed by atoms with Crippen molar-refractivity contribution in [2.45, 2.75) is 31.8 Å². The van der Waals surface area contributed by atoms with Crippen LogP contribution in [0.3, 0.4) is 0 Å². The van der Waals surface area contributed by atoms with Crippen LogP contribution in [0.25, 0.3) is 0 Å². The number of benzene rings is 1. The molecule has 1 amide bonds. The van der Waals surface area contributed by atoms with Crippen LogP contribution in [0.1, 0.15) is 31.4 Å². The van der Waals surface area contributed by atoms with Gasteiger partial charge in [0.2, 0.25) is 5.91 Å². The van der Waals surface area contributed by atoms with Crippen LogP contribution < -0.4 is 16.0 Å². The fourth-order valence-corrected chi connectivity index (χ4v) is 3.75. The summed E-state index contributed by atoms with van der Waals surface area (Å²) in [7, 11) is 0. The average Bonchev–Trinajstić information content (AvgIpc) is 2.80. The minimum absolute atomic E-state index is 0.0106. The molecule has 2 saturated heterocycles. The van der Waals surface area contributed by atoms with Crippen LogP contribution in [-0.4, -0.2) is 25.0 Å². The summed E-state index contributed by atoms with van der Waals surface area (Å²) in [5.74, 6) is 0.334. The minimum Gasteiger partial charge on any atom is -0.366 e. The Bertz CT molecular complexity index is 532. The van der Waals surface area contributed by atoms with Gasteiger partial charge in [-0.2, -0.15) is 0 Å². The molecule has 2 aliphatic heterocycles. The van der Waals surface area contributed by atoms with Crippen LogP contribution in [-0.2, 0) is 4.79 Å². The summed E-state index contributed by atoms with van der Waals surface area (Å²) in [5.41, 5.74) is 8.42. The SMILES string of the molecule is CC(N)c1ccc(Br)cc1N1CCCC2C(=O)NCC21. The van der Waals surface area contributed by atoms with Crippen LogP contribution in [0.5, 0.6) is 0 Å². The fraction of sp³-hybridized carbons (Fsp3) is 0.533. The molecule has 2 fully saturated rings. The summed E-state index contributed by atoms with van der Waals surface area (Å²) in [6.07, 6.45) is 2.05. The van der Waals surface area contributed by atoms with E-state index in [1.54, 1.807) is 0 Å². The predicted octanol–water partition coefficient (Wildman–Crippen LogP) is 2.18. The van der Waals surface area contributed by atoms with Gasteiger partial charge in [-0.25, -0.2) is 0 Å². The summed E-state index contributed by atoms with van der Waals surface area (Å²) in [6.45, 7) is 3.74. The zero-order valence-electron chi connectivity index (χ0n) is 11.6. The largest absolute Gasteiger partial charge is 0.366 e. The van der Waals surface area contributed by atoms with E-state index in [4.69, 9.17) is 5.73 Å². The molecule has 2 aliphatic rings. The van der Waals surface area contributed by atoms with E-state index in [1.807, 2.05) is 13.0 Å². The Morgan fingerprint density at radius 3 is 3.05 bits per heavy atom. The van der Waals surface area contributed by atoms with Crippen molar-refractivity contribution in [3.8, 4) is 0 Å². The van der Waals surface area contributed by atoms with Crippen molar-refractivity contribution < 1.29 is 4.79 Å². The van der Waals surface area contributed by atoms with Gasteiger partial charge in [-0.15, -0.1) is 0 Å². The third kappa shape index (κ3) is 2.33. The summed E-state index contributed by atoms with van der Waals surface area (Å²) >= 11 is 3.55. The van der Waals surface area contributed by atoms with Crippen molar-refractivity contribution in [3.63, 3.8) is 0 Å². The average molecular weight is 338 g/mol. The van der Waals surface area contributed by atoms with E-state index in [0.717, 1.165) is 36.0 Å². The smallest absolute Gasteiger partial charge is 0.225 e. The van der Waals surface area contributed by atoms with E-state index in [0.29, 0.717) is 0 Å². The highest BCUT2D eigenvalue weighted by Gasteiger charge is 2.41. The number of fused-ring (bicyclic) bond motifs is 1. The molecule has 20 heavy (non-hydrogen) atoms. The molecule has 0 bridgehead atoms. The lowest BCUT2D eigenvalue weighted by atomic mass is 9.90. The maximum atomic E-state index is 11.9. The molecular formula is C15H20BrN3O. The van der Waals surface area contributed by atoms with E-state index < -0.39 is 0 Å². The number of anilines is 1. The first-order chi connectivity index (χ1) is 9.58. The molecule has 4 nitrogen and oxygen atoms in total. The van der Waals surface area contributed by atoms with E-state index in [2.05, 4.69) is 38.3 Å². The number of hydrogen-bond acceptors (Lipinski definition) is 3. The van der Waals surface area contributed by atoms with Crippen LogP contribution in [0.15, 0.2) is 22.7 Å². The predicted molar refractivity (Wildman–Crippen MR) is 83.6 cm³/mol. The van der Waals surface area contributed by atoms with E-state index in [9.17, 15) is 4.79 Å². The van der Waals surface area contributed by atoms with Gasteiger partial charge in [0.1, 0.15) is 0 Å². The Morgan fingerprint density at radius 1 is 1.50 bits per heavy atom. The summed E-state index contributed by atoms with van der Waals surface area (Å²) in [5, 5.41) is 3.00. The number of nitrogens with two attached hydrogens (primary N) is 1. The Balaban J connectivity index is 1.99. The molecule has 0 spiro atoms. The third-order valence-electron chi connectivity index (χ3n) is 4.39. The zero-order valence-corrected chi connectivity index (χ0v) is 13.2. The van der Waals surface area contributed by atoms with Crippen molar-refractivity contribution in [1.82, 2.24) is 5.32 Å².